The first-order chi connectivity index (χ1) is 8.04. The summed E-state index contributed by atoms with van der Waals surface area (Å²) in [6, 6.07) is 2.97. The topological polar surface area (TPSA) is 71.5 Å². The van der Waals surface area contributed by atoms with Crippen molar-refractivity contribution in [1.29, 1.82) is 0 Å². The number of hydrogen-bond acceptors (Lipinski definition) is 5. The summed E-state index contributed by atoms with van der Waals surface area (Å²) in [5, 5.41) is 8.13. The molecule has 0 fully saturated rings. The molecule has 0 saturated heterocycles. The summed E-state index contributed by atoms with van der Waals surface area (Å²) in [5.74, 6) is 0. The minimum Gasteiger partial charge on any atom is -0.301 e. The fourth-order valence-electron chi connectivity index (χ4n) is 1.11. The van der Waals surface area contributed by atoms with Gasteiger partial charge >= 0.3 is 0 Å². The normalized spacial score (nSPS) is 10.5. The van der Waals surface area contributed by atoms with Gasteiger partial charge in [0.25, 0.3) is 5.56 Å². The van der Waals surface area contributed by atoms with Gasteiger partial charge in [0.05, 0.1) is 4.90 Å². The van der Waals surface area contributed by atoms with Gasteiger partial charge in [-0.2, -0.15) is 0 Å². The third kappa shape index (κ3) is 3.18. The Morgan fingerprint density at radius 1 is 1.29 bits per heavy atom. The predicted octanol–water partition coefficient (Wildman–Crippen LogP) is 2.33. The van der Waals surface area contributed by atoms with Gasteiger partial charge < -0.3 is 4.98 Å². The lowest BCUT2D eigenvalue weighted by Gasteiger charge is -2.02. The van der Waals surface area contributed by atoms with Gasteiger partial charge in [0.2, 0.25) is 0 Å². The first-order valence-corrected chi connectivity index (χ1v) is 6.06. The molecule has 0 atom stereocenters. The van der Waals surface area contributed by atoms with E-state index in [4.69, 9.17) is 23.2 Å². The van der Waals surface area contributed by atoms with Crippen LogP contribution in [0.4, 0.5) is 0 Å². The second-order valence-electron chi connectivity index (χ2n) is 3.12. The molecule has 0 aliphatic rings. The minimum atomic E-state index is -0.218. The van der Waals surface area contributed by atoms with E-state index in [2.05, 4.69) is 20.2 Å². The molecule has 0 saturated carbocycles. The maximum absolute atomic E-state index is 11.3. The molecule has 88 valence electrons. The quantitative estimate of drug-likeness (QED) is 0.859. The fourth-order valence-corrected chi connectivity index (χ4v) is 2.38. The molecule has 0 aliphatic heterocycles. The fraction of sp³-hybridized carbons (Fsp3) is 0.111. The van der Waals surface area contributed by atoms with Gasteiger partial charge in [0, 0.05) is 11.8 Å². The standard InChI is InChI=1S/C9H6Cl2N4OS/c1-4-2-7(16)13-9(12-4)17-5-3-6(10)14-15-8(5)11/h2-3H,1H3,(H,12,13,16). The Morgan fingerprint density at radius 3 is 2.76 bits per heavy atom. The van der Waals surface area contributed by atoms with Crippen molar-refractivity contribution in [3.8, 4) is 0 Å². The van der Waals surface area contributed by atoms with Gasteiger partial charge in [0.15, 0.2) is 15.5 Å². The second kappa shape index (κ2) is 5.03. The molecule has 8 heteroatoms. The van der Waals surface area contributed by atoms with Crippen LogP contribution in [0, 0.1) is 6.92 Å². The highest BCUT2D eigenvalue weighted by Gasteiger charge is 2.08. The first kappa shape index (κ1) is 12.3. The molecule has 2 aromatic rings. The van der Waals surface area contributed by atoms with Crippen molar-refractivity contribution in [2.45, 2.75) is 17.0 Å². The number of aromatic nitrogens is 4. The minimum absolute atomic E-state index is 0.212. The lowest BCUT2D eigenvalue weighted by atomic mass is 10.5. The number of nitrogens with one attached hydrogen (secondary N) is 1. The van der Waals surface area contributed by atoms with Gasteiger partial charge in [-0.05, 0) is 24.8 Å². The van der Waals surface area contributed by atoms with Crippen molar-refractivity contribution in [1.82, 2.24) is 20.2 Å². The van der Waals surface area contributed by atoms with Crippen LogP contribution in [-0.4, -0.2) is 20.2 Å². The summed E-state index contributed by atoms with van der Waals surface area (Å²) < 4.78 is 0. The maximum atomic E-state index is 11.3. The molecule has 0 radical (unpaired) electrons. The van der Waals surface area contributed by atoms with Crippen LogP contribution in [0.1, 0.15) is 5.69 Å². The van der Waals surface area contributed by atoms with Crippen LogP contribution < -0.4 is 5.56 Å². The van der Waals surface area contributed by atoms with Crippen LogP contribution >= 0.6 is 35.0 Å². The molecule has 2 aromatic heterocycles. The Bertz CT molecular complexity index is 616. The molecule has 0 bridgehead atoms. The number of nitrogens with zero attached hydrogens (tertiary/aromatic N) is 3. The van der Waals surface area contributed by atoms with Crippen molar-refractivity contribution in [3.63, 3.8) is 0 Å². The van der Waals surface area contributed by atoms with E-state index in [1.54, 1.807) is 13.0 Å². The largest absolute Gasteiger partial charge is 0.301 e. The number of rotatable bonds is 2. The average Bonchev–Trinajstić information content (AvgIpc) is 2.22. The third-order valence-corrected chi connectivity index (χ3v) is 3.24. The summed E-state index contributed by atoms with van der Waals surface area (Å²) in [6.07, 6.45) is 0. The van der Waals surface area contributed by atoms with Gasteiger partial charge in [-0.15, -0.1) is 10.2 Å². The van der Waals surface area contributed by atoms with Crippen molar-refractivity contribution in [3.05, 3.63) is 38.5 Å². The van der Waals surface area contributed by atoms with E-state index in [0.29, 0.717) is 15.7 Å². The first-order valence-electron chi connectivity index (χ1n) is 4.49. The van der Waals surface area contributed by atoms with Gasteiger partial charge in [-0.3, -0.25) is 4.79 Å². The Kier molecular flexibility index (Phi) is 3.66. The summed E-state index contributed by atoms with van der Waals surface area (Å²) in [6.45, 7) is 1.73. The number of H-pyrrole nitrogens is 1. The van der Waals surface area contributed by atoms with Crippen LogP contribution in [0.5, 0.6) is 0 Å². The van der Waals surface area contributed by atoms with Crippen LogP contribution in [0.3, 0.4) is 0 Å². The molecule has 17 heavy (non-hydrogen) atoms. The molecule has 0 amide bonds. The van der Waals surface area contributed by atoms with E-state index in [9.17, 15) is 4.79 Å². The highest BCUT2D eigenvalue weighted by atomic mass is 35.5. The summed E-state index contributed by atoms with van der Waals surface area (Å²) in [4.78, 5) is 18.6. The Balaban J connectivity index is 2.37. The maximum Gasteiger partial charge on any atom is 0.251 e. The molecule has 0 aromatic carbocycles. The van der Waals surface area contributed by atoms with E-state index in [-0.39, 0.29) is 15.9 Å². The SMILES string of the molecule is Cc1cc(=O)[nH]c(Sc2cc(Cl)nnc2Cl)n1. The number of aromatic amines is 1. The summed E-state index contributed by atoms with van der Waals surface area (Å²) in [5.41, 5.74) is 0.407. The van der Waals surface area contributed by atoms with Crippen molar-refractivity contribution in [2.24, 2.45) is 0 Å². The molecule has 5 nitrogen and oxygen atoms in total. The number of aryl methyl sites for hydroxylation is 1. The van der Waals surface area contributed by atoms with Crippen molar-refractivity contribution in [2.75, 3.05) is 0 Å². The monoisotopic (exact) mass is 288 g/mol. The van der Waals surface area contributed by atoms with Crippen LogP contribution in [0.25, 0.3) is 0 Å². The van der Waals surface area contributed by atoms with Crippen molar-refractivity contribution < 1.29 is 0 Å². The van der Waals surface area contributed by atoms with E-state index < -0.39 is 0 Å². The summed E-state index contributed by atoms with van der Waals surface area (Å²) in [7, 11) is 0. The van der Waals surface area contributed by atoms with Gasteiger partial charge in [-0.1, -0.05) is 23.2 Å². The van der Waals surface area contributed by atoms with E-state index in [1.165, 1.54) is 17.8 Å². The Hall–Kier alpha value is -1.11. The number of hydrogen-bond donors (Lipinski definition) is 1. The zero-order valence-corrected chi connectivity index (χ0v) is 10.9. The highest BCUT2D eigenvalue weighted by molar-refractivity contribution is 7.99. The molecule has 1 N–H and O–H groups in total. The molecule has 2 heterocycles. The van der Waals surface area contributed by atoms with Gasteiger partial charge in [-0.25, -0.2) is 4.98 Å². The summed E-state index contributed by atoms with van der Waals surface area (Å²) >= 11 is 12.7. The second-order valence-corrected chi connectivity index (χ2v) is 4.89. The lowest BCUT2D eigenvalue weighted by Crippen LogP contribution is -2.07. The Morgan fingerprint density at radius 2 is 2.06 bits per heavy atom. The van der Waals surface area contributed by atoms with E-state index in [1.807, 2.05) is 0 Å². The molecule has 0 spiro atoms. The predicted molar refractivity (Wildman–Crippen MR) is 65.8 cm³/mol. The van der Waals surface area contributed by atoms with Gasteiger partial charge in [0.1, 0.15) is 0 Å². The van der Waals surface area contributed by atoms with E-state index >= 15 is 0 Å². The third-order valence-electron chi connectivity index (χ3n) is 1.74. The van der Waals surface area contributed by atoms with Crippen LogP contribution in [0.15, 0.2) is 27.0 Å². The lowest BCUT2D eigenvalue weighted by molar-refractivity contribution is 0.903. The Labute approximate surface area is 111 Å². The molecular weight excluding hydrogens is 283 g/mol. The number of halogens is 2. The smallest absolute Gasteiger partial charge is 0.251 e. The van der Waals surface area contributed by atoms with Crippen molar-refractivity contribution >= 4 is 35.0 Å². The zero-order valence-electron chi connectivity index (χ0n) is 8.57. The van der Waals surface area contributed by atoms with Crippen LogP contribution in [-0.2, 0) is 0 Å². The molecule has 2 rings (SSSR count). The zero-order chi connectivity index (χ0) is 12.4. The highest BCUT2D eigenvalue weighted by Crippen LogP contribution is 2.30. The molecule has 0 aliphatic carbocycles. The average molecular weight is 289 g/mol. The molecular formula is C9H6Cl2N4OS. The van der Waals surface area contributed by atoms with Crippen LogP contribution in [0.2, 0.25) is 10.3 Å². The van der Waals surface area contributed by atoms with E-state index in [0.717, 1.165) is 0 Å². The molecule has 0 unspecified atom stereocenters.